The van der Waals surface area contributed by atoms with Crippen LogP contribution >= 0.6 is 0 Å². The lowest BCUT2D eigenvalue weighted by Gasteiger charge is -2.07. The molecule has 246 valence electrons. The first-order valence-corrected chi connectivity index (χ1v) is 18.4. The molecule has 44 heavy (non-hydrogen) atoms. The van der Waals surface area contributed by atoms with Gasteiger partial charge in [0.2, 0.25) is 0 Å². The molecule has 2 aromatic carbocycles. The molecule has 0 aromatic heterocycles. The molecule has 0 aliphatic carbocycles. The maximum atomic E-state index is 12.7. The highest BCUT2D eigenvalue weighted by Crippen LogP contribution is 2.18. The Morgan fingerprint density at radius 3 is 1.20 bits per heavy atom. The van der Waals surface area contributed by atoms with Crippen molar-refractivity contribution >= 4 is 11.9 Å². The Bertz CT molecular complexity index is 960. The fourth-order valence-corrected chi connectivity index (χ4v) is 5.57. The number of allylic oxidation sites excluding steroid dienone is 1. The van der Waals surface area contributed by atoms with Crippen molar-refractivity contribution in [1.29, 1.82) is 0 Å². The first-order valence-electron chi connectivity index (χ1n) is 18.4. The molecule has 0 aliphatic rings. The number of hydrogen-bond donors (Lipinski definition) is 0. The second kappa shape index (κ2) is 26.8. The average molecular weight is 605 g/mol. The molecule has 0 unspecified atom stereocenters. The van der Waals surface area contributed by atoms with Gasteiger partial charge in [0.05, 0.1) is 13.2 Å². The molecule has 0 bridgehead atoms. The van der Waals surface area contributed by atoms with E-state index in [1.165, 1.54) is 128 Å². The summed E-state index contributed by atoms with van der Waals surface area (Å²) in [6, 6.07) is 15.5. The molecule has 0 heterocycles. The molecular weight excluding hydrogens is 540 g/mol. The van der Waals surface area contributed by atoms with Crippen LogP contribution in [0.1, 0.15) is 171 Å². The Balaban J connectivity index is 1.50. The van der Waals surface area contributed by atoms with Crippen LogP contribution in [-0.4, -0.2) is 19.0 Å². The van der Waals surface area contributed by atoms with Crippen LogP contribution in [0.2, 0.25) is 0 Å². The summed E-state index contributed by atoms with van der Waals surface area (Å²) in [5.41, 5.74) is 1.67. The number of benzene rings is 2. The Morgan fingerprint density at radius 1 is 0.477 bits per heavy atom. The highest BCUT2D eigenvalue weighted by atomic mass is 16.5. The molecule has 0 fully saturated rings. The average Bonchev–Trinajstić information content (AvgIpc) is 3.05. The lowest BCUT2D eigenvalue weighted by atomic mass is 10.0. The summed E-state index contributed by atoms with van der Waals surface area (Å²) >= 11 is 0. The molecule has 3 nitrogen and oxygen atoms in total. The fourth-order valence-electron chi connectivity index (χ4n) is 5.57. The first-order chi connectivity index (χ1) is 21.7. The number of unbranched alkanes of at least 4 members (excludes halogenated alkanes) is 20. The first kappa shape index (κ1) is 37.6. The van der Waals surface area contributed by atoms with Gasteiger partial charge in [-0.1, -0.05) is 160 Å². The van der Waals surface area contributed by atoms with E-state index < -0.39 is 0 Å². The van der Waals surface area contributed by atoms with Crippen molar-refractivity contribution in [3.63, 3.8) is 0 Å². The van der Waals surface area contributed by atoms with Gasteiger partial charge in [0.25, 0.3) is 0 Å². The zero-order valence-corrected chi connectivity index (χ0v) is 28.5. The summed E-state index contributed by atoms with van der Waals surface area (Å²) in [5, 5.41) is 0. The Kier molecular flexibility index (Phi) is 22.9. The van der Waals surface area contributed by atoms with Gasteiger partial charge in [-0.25, -0.2) is 0 Å². The molecule has 0 saturated heterocycles. The van der Waals surface area contributed by atoms with Crippen molar-refractivity contribution in [2.24, 2.45) is 0 Å². The second-order valence-electron chi connectivity index (χ2n) is 12.6. The van der Waals surface area contributed by atoms with Crippen LogP contribution in [0.3, 0.4) is 0 Å². The summed E-state index contributed by atoms with van der Waals surface area (Å²) in [6.45, 7) is 6.05. The maximum Gasteiger partial charge on any atom is 0.185 e. The molecule has 2 aromatic rings. The topological polar surface area (TPSA) is 35.5 Å². The van der Waals surface area contributed by atoms with Crippen LogP contribution in [0, 0.1) is 0 Å². The zero-order valence-electron chi connectivity index (χ0n) is 28.5. The number of ether oxygens (including phenoxy) is 2. The van der Waals surface area contributed by atoms with E-state index >= 15 is 0 Å². The van der Waals surface area contributed by atoms with Gasteiger partial charge < -0.3 is 9.47 Å². The number of carbonyl (C=O) groups excluding carboxylic acids is 1. The van der Waals surface area contributed by atoms with Crippen molar-refractivity contribution in [3.8, 4) is 11.5 Å². The van der Waals surface area contributed by atoms with Gasteiger partial charge in [0.15, 0.2) is 5.78 Å². The van der Waals surface area contributed by atoms with E-state index in [1.807, 2.05) is 54.6 Å². The second-order valence-corrected chi connectivity index (χ2v) is 12.6. The van der Waals surface area contributed by atoms with Gasteiger partial charge in [-0.05, 0) is 60.9 Å². The summed E-state index contributed by atoms with van der Waals surface area (Å²) in [5.74, 6) is 1.72. The molecular formula is C41H64O3. The van der Waals surface area contributed by atoms with Crippen LogP contribution in [0.5, 0.6) is 11.5 Å². The fraction of sp³-hybridized carbons (Fsp3) is 0.634. The third-order valence-corrected chi connectivity index (χ3v) is 8.48. The molecule has 2 rings (SSSR count). The quantitative estimate of drug-likeness (QED) is 0.0526. The number of rotatable bonds is 29. The van der Waals surface area contributed by atoms with E-state index in [9.17, 15) is 4.79 Å². The smallest absolute Gasteiger partial charge is 0.185 e. The molecule has 0 radical (unpaired) electrons. The minimum absolute atomic E-state index is 0.00135. The molecule has 0 atom stereocenters. The molecule has 0 N–H and O–H groups in total. The number of carbonyl (C=O) groups is 1. The van der Waals surface area contributed by atoms with Crippen LogP contribution in [0.4, 0.5) is 0 Å². The van der Waals surface area contributed by atoms with Gasteiger partial charge in [-0.3, -0.25) is 4.79 Å². The predicted molar refractivity (Wildman–Crippen MR) is 190 cm³/mol. The SMILES string of the molecule is CCCCCCCCCCCCCCCCOc1ccc(C(=O)/C=C/c2ccc(OCCCCCCCCCC)cc2)cc1. The van der Waals surface area contributed by atoms with Gasteiger partial charge in [0.1, 0.15) is 11.5 Å². The molecule has 0 saturated carbocycles. The number of ketones is 1. The zero-order chi connectivity index (χ0) is 31.3. The van der Waals surface area contributed by atoms with E-state index in [1.54, 1.807) is 6.08 Å². The van der Waals surface area contributed by atoms with Gasteiger partial charge in [-0.2, -0.15) is 0 Å². The van der Waals surface area contributed by atoms with Crippen LogP contribution in [0.15, 0.2) is 54.6 Å². The van der Waals surface area contributed by atoms with Crippen LogP contribution < -0.4 is 9.47 Å². The lowest BCUT2D eigenvalue weighted by Crippen LogP contribution is -1.99. The standard InChI is InChI=1S/C41H64O3/c1-3-5-7-9-11-13-14-15-16-17-18-20-22-24-36-44-40-32-28-38(29-33-40)41(42)34-27-37-25-30-39(31-26-37)43-35-23-21-19-12-10-8-6-4-2/h25-34H,3-24,35-36H2,1-2H3/b34-27+. The molecule has 0 amide bonds. The normalized spacial score (nSPS) is 11.3. The maximum absolute atomic E-state index is 12.7. The third-order valence-electron chi connectivity index (χ3n) is 8.48. The number of hydrogen-bond acceptors (Lipinski definition) is 3. The van der Waals surface area contributed by atoms with E-state index in [0.29, 0.717) is 5.56 Å². The monoisotopic (exact) mass is 604 g/mol. The van der Waals surface area contributed by atoms with Crippen LogP contribution in [0.25, 0.3) is 6.08 Å². The van der Waals surface area contributed by atoms with Crippen molar-refractivity contribution < 1.29 is 14.3 Å². The highest BCUT2D eigenvalue weighted by Gasteiger charge is 2.03. The van der Waals surface area contributed by atoms with Crippen molar-refractivity contribution in [3.05, 3.63) is 65.7 Å². The summed E-state index contributed by atoms with van der Waals surface area (Å²) in [4.78, 5) is 12.7. The van der Waals surface area contributed by atoms with Crippen LogP contribution in [-0.2, 0) is 0 Å². The van der Waals surface area contributed by atoms with Gasteiger partial charge in [0, 0.05) is 5.56 Å². The van der Waals surface area contributed by atoms with Crippen molar-refractivity contribution in [2.75, 3.05) is 13.2 Å². The van der Waals surface area contributed by atoms with E-state index in [2.05, 4.69) is 13.8 Å². The minimum Gasteiger partial charge on any atom is -0.494 e. The molecule has 0 spiro atoms. The van der Waals surface area contributed by atoms with Gasteiger partial charge in [-0.15, -0.1) is 0 Å². The largest absolute Gasteiger partial charge is 0.494 e. The Labute approximate surface area is 271 Å². The summed E-state index contributed by atoms with van der Waals surface area (Å²) in [6.07, 6.45) is 32.9. The summed E-state index contributed by atoms with van der Waals surface area (Å²) < 4.78 is 11.8. The molecule has 3 heteroatoms. The minimum atomic E-state index is -0.00135. The Morgan fingerprint density at radius 2 is 0.818 bits per heavy atom. The third kappa shape index (κ3) is 19.7. The van der Waals surface area contributed by atoms with Crippen molar-refractivity contribution in [2.45, 2.75) is 155 Å². The van der Waals surface area contributed by atoms with E-state index in [4.69, 9.17) is 9.47 Å². The Hall–Kier alpha value is -2.55. The van der Waals surface area contributed by atoms with E-state index in [0.717, 1.165) is 43.1 Å². The predicted octanol–water partition coefficient (Wildman–Crippen LogP) is 13.0. The molecule has 0 aliphatic heterocycles. The van der Waals surface area contributed by atoms with Crippen molar-refractivity contribution in [1.82, 2.24) is 0 Å². The van der Waals surface area contributed by atoms with E-state index in [-0.39, 0.29) is 5.78 Å². The summed E-state index contributed by atoms with van der Waals surface area (Å²) in [7, 11) is 0. The lowest BCUT2D eigenvalue weighted by molar-refractivity contribution is 0.104. The van der Waals surface area contributed by atoms with Gasteiger partial charge >= 0.3 is 0 Å². The highest BCUT2D eigenvalue weighted by molar-refractivity contribution is 6.06.